The maximum atomic E-state index is 14.2. The van der Waals surface area contributed by atoms with Crippen LogP contribution >= 0.6 is 0 Å². The number of hydrogen-bond donors (Lipinski definition) is 0. The lowest BCUT2D eigenvalue weighted by Crippen LogP contribution is -2.75. The largest absolute Gasteiger partial charge is 0.488 e. The van der Waals surface area contributed by atoms with E-state index in [4.69, 9.17) is 4.74 Å². The molecule has 0 bridgehead atoms. The molecule has 0 N–H and O–H groups in total. The first kappa shape index (κ1) is 60.9. The van der Waals surface area contributed by atoms with Crippen LogP contribution < -0.4 is 31.2 Å². The molecular weight excluding hydrogens is 1100 g/mol. The second-order valence-corrected chi connectivity index (χ2v) is 17.8. The smallest absolute Gasteiger partial charge is 0.416 e. The van der Waals surface area contributed by atoms with Crippen LogP contribution in [0.25, 0.3) is 0 Å². The van der Waals surface area contributed by atoms with Gasteiger partial charge in [-0.25, -0.2) is 0 Å². The van der Waals surface area contributed by atoms with E-state index in [0.29, 0.717) is 12.1 Å². The summed E-state index contributed by atoms with van der Waals surface area (Å²) in [6.07, 6.45) is -47.9. The molecule has 416 valence electrons. The molecule has 1 heterocycles. The summed E-state index contributed by atoms with van der Waals surface area (Å²) < 4.78 is 348. The minimum atomic E-state index is -6.13. The van der Waals surface area contributed by atoms with Gasteiger partial charge in [0.2, 0.25) is 12.3 Å². The number of Topliss-reactive ketones (excluding diaryl/α,β-unsaturated/α-hetero) is 1. The van der Waals surface area contributed by atoms with Crippen molar-refractivity contribution in [2.75, 3.05) is 0 Å². The zero-order valence-electron chi connectivity index (χ0n) is 38.6. The highest BCUT2D eigenvalue weighted by molar-refractivity contribution is 7.20. The summed E-state index contributed by atoms with van der Waals surface area (Å²) in [6, 6.07) is -1.56. The van der Waals surface area contributed by atoms with Crippen molar-refractivity contribution in [3.8, 4) is 5.75 Å². The summed E-state index contributed by atoms with van der Waals surface area (Å²) in [5.74, 6) is 0.828. The van der Waals surface area contributed by atoms with Gasteiger partial charge in [-0.15, -0.1) is 0 Å². The van der Waals surface area contributed by atoms with Crippen LogP contribution in [0.3, 0.4) is 0 Å². The Labute approximate surface area is 417 Å². The second-order valence-electron chi connectivity index (χ2n) is 17.8. The summed E-state index contributed by atoms with van der Waals surface area (Å²) in [5, 5.41) is 0. The van der Waals surface area contributed by atoms with Gasteiger partial charge in [-0.1, -0.05) is 48.5 Å². The molecule has 0 fully saturated rings. The molecule has 6 aromatic rings. The molecular formula is C48H31BF24N2O2. The van der Waals surface area contributed by atoms with Crippen LogP contribution in [0, 0.1) is 0 Å². The van der Waals surface area contributed by atoms with Crippen molar-refractivity contribution in [2.24, 2.45) is 0 Å². The fraction of sp³-hybridized carbons (Fsp3) is 0.271. The van der Waals surface area contributed by atoms with Crippen molar-refractivity contribution in [2.45, 2.75) is 82.3 Å². The van der Waals surface area contributed by atoms with Crippen LogP contribution in [-0.2, 0) is 56.0 Å². The normalized spacial score (nSPS) is 13.5. The van der Waals surface area contributed by atoms with Gasteiger partial charge in [0, 0.05) is 5.56 Å². The van der Waals surface area contributed by atoms with E-state index < -0.39 is 195 Å². The molecule has 0 unspecified atom stereocenters. The molecule has 0 aliphatic carbocycles. The van der Waals surface area contributed by atoms with Crippen LogP contribution in [0.4, 0.5) is 105 Å². The van der Waals surface area contributed by atoms with Crippen molar-refractivity contribution in [1.82, 2.24) is 4.98 Å². The highest BCUT2D eigenvalue weighted by atomic mass is 19.4. The molecule has 5 aromatic carbocycles. The zero-order valence-corrected chi connectivity index (χ0v) is 38.6. The predicted molar refractivity (Wildman–Crippen MR) is 226 cm³/mol. The Morgan fingerprint density at radius 1 is 0.403 bits per heavy atom. The molecule has 1 aromatic heterocycles. The Kier molecular flexibility index (Phi) is 16.4. The molecule has 29 heteroatoms. The number of benzene rings is 5. The van der Waals surface area contributed by atoms with Crippen LogP contribution in [-0.4, -0.2) is 22.5 Å². The van der Waals surface area contributed by atoms with E-state index in [1.807, 2.05) is 32.9 Å². The second kappa shape index (κ2) is 20.8. The Balaban J connectivity index is 0.000000455. The van der Waals surface area contributed by atoms with Crippen LogP contribution in [0.5, 0.6) is 5.75 Å². The molecule has 0 spiro atoms. The number of hydrogen-bond acceptors (Lipinski definition) is 3. The third-order valence-corrected chi connectivity index (χ3v) is 11.1. The summed E-state index contributed by atoms with van der Waals surface area (Å²) in [4.78, 5) is 16.1. The third-order valence-electron chi connectivity index (χ3n) is 11.1. The van der Waals surface area contributed by atoms with Gasteiger partial charge < -0.3 is 4.74 Å². The van der Waals surface area contributed by atoms with E-state index >= 15 is 0 Å². The number of rotatable bonds is 8. The summed E-state index contributed by atoms with van der Waals surface area (Å²) in [6.45, 7) is 6.28. The third kappa shape index (κ3) is 15.0. The average molecular weight is 1130 g/mol. The van der Waals surface area contributed by atoms with Crippen LogP contribution in [0.15, 0.2) is 122 Å². The highest BCUT2D eigenvalue weighted by Crippen LogP contribution is 2.41. The maximum Gasteiger partial charge on any atom is 0.416 e. The standard InChI is InChI=1S/C32H12BF24.C16H19N2O2/c34-25(35,36)13-1-14(26(37,38)39)6-21(5-13)33(22-7-15(27(40,41)42)2-16(8-22)28(43,44)45,23-9-17(29(46,47)48)3-18(10-23)30(49,50)51)24-11-19(31(52,53)54)4-20(12-24)32(55,56)57;1-16(2,3)20-14-6-4-13(5-7-14)15(19)12-18-10-8-17-9-11-18/h1-12H;4-11H,12H2,1-3H3/q-1;+1. The van der Waals surface area contributed by atoms with Gasteiger partial charge in [0.1, 0.15) is 17.5 Å². The molecule has 0 amide bonds. The van der Waals surface area contributed by atoms with Crippen molar-refractivity contribution in [3.05, 3.63) is 172 Å². The number of alkyl halides is 24. The van der Waals surface area contributed by atoms with Crippen molar-refractivity contribution in [1.29, 1.82) is 0 Å². The topological polar surface area (TPSA) is 43.1 Å². The van der Waals surface area contributed by atoms with E-state index in [9.17, 15) is 110 Å². The monoisotopic (exact) mass is 1130 g/mol. The van der Waals surface area contributed by atoms with E-state index in [2.05, 4.69) is 4.98 Å². The van der Waals surface area contributed by atoms with Crippen LogP contribution in [0.1, 0.15) is 75.6 Å². The van der Waals surface area contributed by atoms with E-state index in [0.717, 1.165) is 5.75 Å². The first-order valence-electron chi connectivity index (χ1n) is 21.2. The highest BCUT2D eigenvalue weighted by Gasteiger charge is 2.47. The van der Waals surface area contributed by atoms with Gasteiger partial charge in [-0.2, -0.15) is 132 Å². The number of nitrogens with zero attached hydrogens (tertiary/aromatic N) is 2. The van der Waals surface area contributed by atoms with E-state index in [1.165, 1.54) is 0 Å². The lowest BCUT2D eigenvalue weighted by molar-refractivity contribution is -0.683. The van der Waals surface area contributed by atoms with E-state index in [1.54, 1.807) is 41.5 Å². The van der Waals surface area contributed by atoms with Crippen LogP contribution in [0.2, 0.25) is 0 Å². The molecule has 0 atom stereocenters. The lowest BCUT2D eigenvalue weighted by Gasteiger charge is -2.46. The number of halogens is 24. The average Bonchev–Trinajstić information content (AvgIpc) is 3.27. The first-order chi connectivity index (χ1) is 34.7. The molecule has 0 radical (unpaired) electrons. The van der Waals surface area contributed by atoms with E-state index in [-0.39, 0.29) is 11.4 Å². The Bertz CT molecular complexity index is 2630. The molecule has 77 heavy (non-hydrogen) atoms. The van der Waals surface area contributed by atoms with Gasteiger partial charge in [-0.3, -0.25) is 9.78 Å². The number of ether oxygens (including phenoxy) is 1. The molecule has 6 rings (SSSR count). The molecule has 4 nitrogen and oxygen atoms in total. The molecule has 0 saturated carbocycles. The van der Waals surface area contributed by atoms with Crippen molar-refractivity contribution >= 4 is 33.8 Å². The summed E-state index contributed by atoms with van der Waals surface area (Å²) in [5.41, 5.74) is -29.8. The van der Waals surface area contributed by atoms with Gasteiger partial charge in [0.15, 0.2) is 12.4 Å². The minimum Gasteiger partial charge on any atom is -0.488 e. The van der Waals surface area contributed by atoms with Gasteiger partial charge in [0.25, 0.3) is 0 Å². The quantitative estimate of drug-likeness (QED) is 0.0660. The Morgan fingerprint density at radius 3 is 0.844 bits per heavy atom. The minimum absolute atomic E-state index is 0.0588. The van der Waals surface area contributed by atoms with Crippen molar-refractivity contribution in [3.63, 3.8) is 0 Å². The number of aromatic nitrogens is 2. The van der Waals surface area contributed by atoms with Gasteiger partial charge in [0.05, 0.1) is 56.9 Å². The zero-order chi connectivity index (χ0) is 58.5. The number of carbonyl (C=O) groups is 1. The SMILES string of the molecule is CC(C)(C)Oc1ccc(C(=O)C[n+]2ccncc2)cc1.FC(F)(F)c1cc([B-](c2cc(C(F)(F)F)cc(C(F)(F)F)c2)(c2cc(C(F)(F)F)cc(C(F)(F)F)c2)c2cc(C(F)(F)F)cc(C(F)(F)F)c2)cc(C(F)(F)F)c1. The number of ketones is 1. The Hall–Kier alpha value is -6.97. The number of carbonyl (C=O) groups excluding carboxylic acids is 1. The molecule has 0 aliphatic rings. The first-order valence-corrected chi connectivity index (χ1v) is 21.2. The fourth-order valence-electron chi connectivity index (χ4n) is 7.84. The predicted octanol–water partition coefficient (Wildman–Crippen LogP) is 13.6. The fourth-order valence-corrected chi connectivity index (χ4v) is 7.84. The molecule has 0 aliphatic heterocycles. The summed E-state index contributed by atoms with van der Waals surface area (Å²) >= 11 is 0. The van der Waals surface area contributed by atoms with Crippen molar-refractivity contribution < 1.29 is 119 Å². The molecule has 0 saturated heterocycles. The van der Waals surface area contributed by atoms with Gasteiger partial charge in [-0.05, 0) is 69.3 Å². The summed E-state index contributed by atoms with van der Waals surface area (Å²) in [7, 11) is 0. The maximum absolute atomic E-state index is 14.2. The lowest BCUT2D eigenvalue weighted by atomic mass is 9.12. The Morgan fingerprint density at radius 2 is 0.636 bits per heavy atom. The van der Waals surface area contributed by atoms with Gasteiger partial charge >= 0.3 is 49.4 Å².